The average Bonchev–Trinajstić information content (AvgIpc) is 2.55. The number of carbonyl (C=O) groups excluding carboxylic acids is 1. The fourth-order valence-electron chi connectivity index (χ4n) is 2.46. The molecule has 0 bridgehead atoms. The van der Waals surface area contributed by atoms with E-state index >= 15 is 0 Å². The topological polar surface area (TPSA) is 38.3 Å². The van der Waals surface area contributed by atoms with Crippen molar-refractivity contribution in [1.82, 2.24) is 0 Å². The van der Waals surface area contributed by atoms with E-state index in [9.17, 15) is 4.79 Å². The summed E-state index contributed by atoms with van der Waals surface area (Å²) < 4.78 is 5.66. The highest BCUT2D eigenvalue weighted by Gasteiger charge is 2.10. The Morgan fingerprint density at radius 1 is 1.00 bits per heavy atom. The molecule has 2 rings (SSSR count). The zero-order valence-electron chi connectivity index (χ0n) is 13.5. The summed E-state index contributed by atoms with van der Waals surface area (Å²) in [5.41, 5.74) is 4.23. The minimum absolute atomic E-state index is 0.0223. The van der Waals surface area contributed by atoms with Crippen LogP contribution in [0.1, 0.15) is 30.5 Å². The molecule has 116 valence electrons. The Labute approximate surface area is 132 Å². The van der Waals surface area contributed by atoms with Gasteiger partial charge in [0.1, 0.15) is 5.75 Å². The summed E-state index contributed by atoms with van der Waals surface area (Å²) in [6, 6.07) is 13.9. The van der Waals surface area contributed by atoms with E-state index in [4.69, 9.17) is 4.74 Å². The van der Waals surface area contributed by atoms with E-state index in [0.29, 0.717) is 0 Å². The first-order valence-electron chi connectivity index (χ1n) is 7.74. The van der Waals surface area contributed by atoms with Gasteiger partial charge in [0.2, 0.25) is 0 Å². The van der Waals surface area contributed by atoms with Crippen LogP contribution < -0.4 is 10.1 Å². The number of hydrogen-bond acceptors (Lipinski definition) is 2. The molecular formula is C19H23NO2. The summed E-state index contributed by atoms with van der Waals surface area (Å²) in [6.45, 7) is 6.18. The van der Waals surface area contributed by atoms with E-state index in [-0.39, 0.29) is 12.5 Å². The molecule has 0 fully saturated rings. The molecule has 1 N–H and O–H groups in total. The van der Waals surface area contributed by atoms with E-state index in [1.807, 2.05) is 49.4 Å². The Kier molecular flexibility index (Phi) is 5.59. The minimum atomic E-state index is -0.130. The van der Waals surface area contributed by atoms with Gasteiger partial charge < -0.3 is 10.1 Å². The molecule has 0 unspecified atom stereocenters. The Balaban J connectivity index is 2.02. The first kappa shape index (κ1) is 16.1. The van der Waals surface area contributed by atoms with Crippen molar-refractivity contribution in [2.75, 3.05) is 11.9 Å². The van der Waals surface area contributed by atoms with Gasteiger partial charge in [0.25, 0.3) is 5.91 Å². The number of nitrogens with one attached hydrogen (secondary N) is 1. The number of anilines is 1. The summed E-state index contributed by atoms with van der Waals surface area (Å²) >= 11 is 0. The summed E-state index contributed by atoms with van der Waals surface area (Å²) in [4.78, 5) is 12.2. The second-order valence-electron chi connectivity index (χ2n) is 5.26. The van der Waals surface area contributed by atoms with Gasteiger partial charge in [0.15, 0.2) is 6.61 Å². The third kappa shape index (κ3) is 3.88. The number of aryl methyl sites for hydroxylation is 3. The van der Waals surface area contributed by atoms with Crippen LogP contribution in [0.15, 0.2) is 42.5 Å². The molecule has 2 aromatic carbocycles. The van der Waals surface area contributed by atoms with Crippen LogP contribution >= 0.6 is 0 Å². The van der Waals surface area contributed by atoms with Crippen LogP contribution in [0, 0.1) is 6.92 Å². The third-order valence-corrected chi connectivity index (χ3v) is 3.72. The van der Waals surface area contributed by atoms with Crippen LogP contribution in [0.4, 0.5) is 5.69 Å². The number of hydrogen-bond donors (Lipinski definition) is 1. The second kappa shape index (κ2) is 7.64. The van der Waals surface area contributed by atoms with Crippen molar-refractivity contribution in [3.63, 3.8) is 0 Å². The molecule has 2 aromatic rings. The van der Waals surface area contributed by atoms with E-state index < -0.39 is 0 Å². The summed E-state index contributed by atoms with van der Waals surface area (Å²) in [7, 11) is 0. The third-order valence-electron chi connectivity index (χ3n) is 3.72. The van der Waals surface area contributed by atoms with Crippen LogP contribution in [0.25, 0.3) is 0 Å². The number of ether oxygens (including phenoxy) is 1. The van der Waals surface area contributed by atoms with Gasteiger partial charge in [-0.25, -0.2) is 0 Å². The molecule has 3 heteroatoms. The van der Waals surface area contributed by atoms with E-state index in [0.717, 1.165) is 41.0 Å². The zero-order valence-corrected chi connectivity index (χ0v) is 13.5. The highest BCUT2D eigenvalue weighted by Crippen LogP contribution is 2.21. The molecule has 0 aliphatic heterocycles. The molecule has 1 amide bonds. The maximum atomic E-state index is 12.2. The Bertz CT molecular complexity index is 650. The molecule has 0 spiro atoms. The van der Waals surface area contributed by atoms with Gasteiger partial charge in [0, 0.05) is 5.69 Å². The lowest BCUT2D eigenvalue weighted by molar-refractivity contribution is -0.118. The predicted molar refractivity (Wildman–Crippen MR) is 90.5 cm³/mol. The molecule has 0 saturated heterocycles. The standard InChI is InChI=1S/C19H23NO2/c1-4-15-10-6-7-12-17(15)22-13-18(21)20-19-14(3)9-8-11-16(19)5-2/h6-12H,4-5,13H2,1-3H3,(H,20,21). The fraction of sp³-hybridized carbons (Fsp3) is 0.316. The van der Waals surface area contributed by atoms with Crippen LogP contribution in [0.5, 0.6) is 5.75 Å². The van der Waals surface area contributed by atoms with Gasteiger partial charge in [0.05, 0.1) is 0 Å². The SMILES string of the molecule is CCc1ccccc1OCC(=O)Nc1c(C)cccc1CC. The molecule has 0 saturated carbocycles. The van der Waals surface area contributed by atoms with Crippen LogP contribution in [-0.4, -0.2) is 12.5 Å². The molecule has 0 radical (unpaired) electrons. The molecule has 3 nitrogen and oxygen atoms in total. The smallest absolute Gasteiger partial charge is 0.262 e. The van der Waals surface area contributed by atoms with Crippen molar-refractivity contribution in [3.8, 4) is 5.75 Å². The lowest BCUT2D eigenvalue weighted by Gasteiger charge is -2.14. The predicted octanol–water partition coefficient (Wildman–Crippen LogP) is 4.14. The Morgan fingerprint density at radius 2 is 1.68 bits per heavy atom. The number of carbonyl (C=O) groups is 1. The van der Waals surface area contributed by atoms with Crippen molar-refractivity contribution in [2.24, 2.45) is 0 Å². The van der Waals surface area contributed by atoms with Crippen molar-refractivity contribution in [2.45, 2.75) is 33.6 Å². The molecule has 0 aliphatic rings. The largest absolute Gasteiger partial charge is 0.483 e. The summed E-state index contributed by atoms with van der Waals surface area (Å²) in [5.74, 6) is 0.649. The zero-order chi connectivity index (χ0) is 15.9. The van der Waals surface area contributed by atoms with Gasteiger partial charge in [-0.05, 0) is 42.5 Å². The maximum Gasteiger partial charge on any atom is 0.262 e. The molecule has 0 aromatic heterocycles. The van der Waals surface area contributed by atoms with E-state index in [1.165, 1.54) is 0 Å². The highest BCUT2D eigenvalue weighted by molar-refractivity contribution is 5.93. The normalized spacial score (nSPS) is 10.3. The van der Waals surface area contributed by atoms with Crippen LogP contribution in [0.2, 0.25) is 0 Å². The number of para-hydroxylation sites is 2. The summed E-state index contributed by atoms with van der Waals surface area (Å²) in [5, 5.41) is 2.97. The average molecular weight is 297 g/mol. The molecule has 0 heterocycles. The lowest BCUT2D eigenvalue weighted by Crippen LogP contribution is -2.21. The van der Waals surface area contributed by atoms with Gasteiger partial charge in [-0.15, -0.1) is 0 Å². The summed E-state index contributed by atoms with van der Waals surface area (Å²) in [6.07, 6.45) is 1.77. The van der Waals surface area contributed by atoms with Crippen molar-refractivity contribution >= 4 is 11.6 Å². The molecule has 0 aliphatic carbocycles. The van der Waals surface area contributed by atoms with Crippen LogP contribution in [-0.2, 0) is 17.6 Å². The monoisotopic (exact) mass is 297 g/mol. The maximum absolute atomic E-state index is 12.2. The fourth-order valence-corrected chi connectivity index (χ4v) is 2.46. The van der Waals surface area contributed by atoms with Gasteiger partial charge >= 0.3 is 0 Å². The Hall–Kier alpha value is -2.29. The molecule has 22 heavy (non-hydrogen) atoms. The van der Waals surface area contributed by atoms with Gasteiger partial charge in [-0.2, -0.15) is 0 Å². The van der Waals surface area contributed by atoms with E-state index in [2.05, 4.69) is 19.2 Å². The van der Waals surface area contributed by atoms with E-state index in [1.54, 1.807) is 0 Å². The first-order chi connectivity index (χ1) is 10.7. The van der Waals surface area contributed by atoms with Gasteiger partial charge in [-0.3, -0.25) is 4.79 Å². The minimum Gasteiger partial charge on any atom is -0.483 e. The van der Waals surface area contributed by atoms with Crippen molar-refractivity contribution in [3.05, 3.63) is 59.2 Å². The molecule has 0 atom stereocenters. The van der Waals surface area contributed by atoms with Gasteiger partial charge in [-0.1, -0.05) is 50.2 Å². The number of rotatable bonds is 6. The highest BCUT2D eigenvalue weighted by atomic mass is 16.5. The molecular weight excluding hydrogens is 274 g/mol. The van der Waals surface area contributed by atoms with Crippen LogP contribution in [0.3, 0.4) is 0 Å². The van der Waals surface area contributed by atoms with Crippen molar-refractivity contribution in [1.29, 1.82) is 0 Å². The lowest BCUT2D eigenvalue weighted by atomic mass is 10.1. The Morgan fingerprint density at radius 3 is 2.41 bits per heavy atom. The number of amides is 1. The number of benzene rings is 2. The first-order valence-corrected chi connectivity index (χ1v) is 7.74. The quantitative estimate of drug-likeness (QED) is 0.870. The second-order valence-corrected chi connectivity index (χ2v) is 5.26. The van der Waals surface area contributed by atoms with Crippen molar-refractivity contribution < 1.29 is 9.53 Å².